The summed E-state index contributed by atoms with van der Waals surface area (Å²) in [7, 11) is 1.16. The number of rotatable bonds is 2. The summed E-state index contributed by atoms with van der Waals surface area (Å²) in [6.45, 7) is 0. The van der Waals surface area contributed by atoms with Gasteiger partial charge in [-0.1, -0.05) is 12.1 Å². The molecule has 0 unspecified atom stereocenters. The van der Waals surface area contributed by atoms with Gasteiger partial charge in [-0.2, -0.15) is 0 Å². The molecule has 1 N–H and O–H groups in total. The topological polar surface area (TPSA) is 46.5 Å². The molecule has 0 bridgehead atoms. The Bertz CT molecular complexity index is 639. The average Bonchev–Trinajstić information content (AvgIpc) is 2.41. The maximum atomic E-state index is 13.7. The Kier molecular flexibility index (Phi) is 3.46. The molecule has 0 fully saturated rings. The van der Waals surface area contributed by atoms with Crippen molar-refractivity contribution in [3.8, 4) is 16.9 Å². The highest BCUT2D eigenvalue weighted by Crippen LogP contribution is 2.27. The van der Waals surface area contributed by atoms with E-state index in [1.54, 1.807) is 0 Å². The summed E-state index contributed by atoms with van der Waals surface area (Å²) < 4.78 is 31.1. The smallest absolute Gasteiger partial charge is 0.340 e. The predicted molar refractivity (Wildman–Crippen MR) is 64.8 cm³/mol. The van der Waals surface area contributed by atoms with Crippen LogP contribution in [0, 0.1) is 11.6 Å². The fourth-order valence-corrected chi connectivity index (χ4v) is 1.66. The van der Waals surface area contributed by atoms with Crippen LogP contribution in [0.1, 0.15) is 10.4 Å². The number of hydrogen-bond acceptors (Lipinski definition) is 3. The standard InChI is InChI=1S/C14H10F2O3/c1-19-14(18)10-4-2-8(6-12(10)16)9-3-5-11(15)13(17)7-9/h2-7,17H,1H3. The Morgan fingerprint density at radius 2 is 1.68 bits per heavy atom. The Morgan fingerprint density at radius 1 is 1.05 bits per heavy atom. The van der Waals surface area contributed by atoms with Crippen molar-refractivity contribution >= 4 is 5.97 Å². The molecule has 2 rings (SSSR count). The van der Waals surface area contributed by atoms with Gasteiger partial charge in [0, 0.05) is 0 Å². The quantitative estimate of drug-likeness (QED) is 0.848. The lowest BCUT2D eigenvalue weighted by molar-refractivity contribution is 0.0595. The molecule has 0 atom stereocenters. The van der Waals surface area contributed by atoms with Gasteiger partial charge >= 0.3 is 5.97 Å². The minimum atomic E-state index is -0.772. The van der Waals surface area contributed by atoms with E-state index in [0.29, 0.717) is 11.1 Å². The fourth-order valence-electron chi connectivity index (χ4n) is 1.66. The van der Waals surface area contributed by atoms with E-state index in [-0.39, 0.29) is 5.56 Å². The first-order valence-electron chi connectivity index (χ1n) is 5.39. The Balaban J connectivity index is 2.44. The molecule has 3 nitrogen and oxygen atoms in total. The third-order valence-electron chi connectivity index (χ3n) is 2.65. The molecule has 19 heavy (non-hydrogen) atoms. The van der Waals surface area contributed by atoms with Crippen LogP contribution in [0.4, 0.5) is 8.78 Å². The van der Waals surface area contributed by atoms with E-state index in [4.69, 9.17) is 0 Å². The summed E-state index contributed by atoms with van der Waals surface area (Å²) in [6.07, 6.45) is 0. The van der Waals surface area contributed by atoms with Crippen LogP contribution >= 0.6 is 0 Å². The first-order valence-corrected chi connectivity index (χ1v) is 5.39. The molecule has 2 aromatic rings. The number of esters is 1. The van der Waals surface area contributed by atoms with Crippen LogP contribution in [0.2, 0.25) is 0 Å². The van der Waals surface area contributed by atoms with Gasteiger partial charge in [0.25, 0.3) is 0 Å². The van der Waals surface area contributed by atoms with Crippen LogP contribution in [-0.2, 0) is 4.74 Å². The minimum absolute atomic E-state index is 0.183. The number of halogens is 2. The van der Waals surface area contributed by atoms with Crippen LogP contribution < -0.4 is 0 Å². The monoisotopic (exact) mass is 264 g/mol. The van der Waals surface area contributed by atoms with E-state index in [1.165, 1.54) is 24.3 Å². The molecular formula is C14H10F2O3. The van der Waals surface area contributed by atoms with Crippen LogP contribution in [0.3, 0.4) is 0 Å². The van der Waals surface area contributed by atoms with E-state index in [0.717, 1.165) is 19.2 Å². The first kappa shape index (κ1) is 13.0. The largest absolute Gasteiger partial charge is 0.505 e. The molecule has 0 aliphatic heterocycles. The number of aromatic hydroxyl groups is 1. The number of carbonyl (C=O) groups is 1. The lowest BCUT2D eigenvalue weighted by Gasteiger charge is -2.06. The van der Waals surface area contributed by atoms with Crippen molar-refractivity contribution in [2.75, 3.05) is 7.11 Å². The number of benzene rings is 2. The number of phenolic OH excluding ortho intramolecular Hbond substituents is 1. The highest BCUT2D eigenvalue weighted by molar-refractivity contribution is 5.90. The molecule has 5 heteroatoms. The van der Waals surface area contributed by atoms with Gasteiger partial charge in [-0.15, -0.1) is 0 Å². The molecule has 0 saturated carbocycles. The zero-order chi connectivity index (χ0) is 14.0. The zero-order valence-electron chi connectivity index (χ0n) is 9.98. The van der Waals surface area contributed by atoms with Crippen LogP contribution in [0.5, 0.6) is 5.75 Å². The summed E-state index contributed by atoms with van der Waals surface area (Å²) in [4.78, 5) is 11.2. The number of hydrogen-bond donors (Lipinski definition) is 1. The maximum absolute atomic E-state index is 13.7. The Morgan fingerprint density at radius 3 is 2.26 bits per heavy atom. The summed E-state index contributed by atoms with van der Waals surface area (Å²) in [5.41, 5.74) is 0.673. The lowest BCUT2D eigenvalue weighted by Crippen LogP contribution is -2.04. The zero-order valence-corrected chi connectivity index (χ0v) is 9.98. The van der Waals surface area contributed by atoms with Gasteiger partial charge in [0.1, 0.15) is 5.82 Å². The van der Waals surface area contributed by atoms with Crippen molar-refractivity contribution in [1.29, 1.82) is 0 Å². The fraction of sp³-hybridized carbons (Fsp3) is 0.0714. The average molecular weight is 264 g/mol. The molecule has 0 aromatic heterocycles. The predicted octanol–water partition coefficient (Wildman–Crippen LogP) is 3.12. The second kappa shape index (κ2) is 5.06. The number of methoxy groups -OCH3 is 1. The van der Waals surface area contributed by atoms with Crippen LogP contribution in [0.15, 0.2) is 36.4 Å². The molecule has 0 amide bonds. The highest BCUT2D eigenvalue weighted by Gasteiger charge is 2.13. The van der Waals surface area contributed by atoms with E-state index in [1.807, 2.05) is 0 Å². The van der Waals surface area contributed by atoms with Gasteiger partial charge in [-0.05, 0) is 35.4 Å². The Hall–Kier alpha value is -2.43. The molecule has 2 aromatic carbocycles. The lowest BCUT2D eigenvalue weighted by atomic mass is 10.0. The summed E-state index contributed by atoms with van der Waals surface area (Å²) in [5, 5.41) is 9.27. The highest BCUT2D eigenvalue weighted by atomic mass is 19.1. The normalized spacial score (nSPS) is 10.3. The van der Waals surface area contributed by atoms with Gasteiger partial charge < -0.3 is 9.84 Å². The number of phenols is 1. The van der Waals surface area contributed by atoms with Crippen molar-refractivity contribution in [2.45, 2.75) is 0 Å². The summed E-state index contributed by atoms with van der Waals surface area (Å²) in [6, 6.07) is 7.55. The third kappa shape index (κ3) is 2.54. The third-order valence-corrected chi connectivity index (χ3v) is 2.65. The van der Waals surface area contributed by atoms with Gasteiger partial charge in [-0.3, -0.25) is 0 Å². The van der Waals surface area contributed by atoms with Crippen LogP contribution in [0.25, 0.3) is 11.1 Å². The van der Waals surface area contributed by atoms with Gasteiger partial charge in [0.15, 0.2) is 11.6 Å². The molecule has 0 radical (unpaired) electrons. The van der Waals surface area contributed by atoms with Crippen molar-refractivity contribution in [3.05, 3.63) is 53.6 Å². The molecule has 0 spiro atoms. The van der Waals surface area contributed by atoms with Crippen molar-refractivity contribution in [3.63, 3.8) is 0 Å². The van der Waals surface area contributed by atoms with E-state index < -0.39 is 23.4 Å². The Labute approximate surface area is 108 Å². The minimum Gasteiger partial charge on any atom is -0.505 e. The molecule has 0 aliphatic rings. The van der Waals surface area contributed by atoms with Crippen molar-refractivity contribution in [1.82, 2.24) is 0 Å². The molecular weight excluding hydrogens is 254 g/mol. The van der Waals surface area contributed by atoms with Crippen LogP contribution in [-0.4, -0.2) is 18.2 Å². The molecule has 0 heterocycles. The van der Waals surface area contributed by atoms with E-state index >= 15 is 0 Å². The second-order valence-corrected chi connectivity index (χ2v) is 3.85. The van der Waals surface area contributed by atoms with E-state index in [2.05, 4.69) is 4.74 Å². The molecule has 0 aliphatic carbocycles. The van der Waals surface area contributed by atoms with Gasteiger partial charge in [0.05, 0.1) is 12.7 Å². The summed E-state index contributed by atoms with van der Waals surface area (Å²) in [5.74, 6) is -2.79. The SMILES string of the molecule is COC(=O)c1ccc(-c2ccc(F)c(O)c2)cc1F. The van der Waals surface area contributed by atoms with Crippen molar-refractivity contribution in [2.24, 2.45) is 0 Å². The molecule has 0 saturated heterocycles. The molecule has 98 valence electrons. The van der Waals surface area contributed by atoms with Crippen molar-refractivity contribution < 1.29 is 23.4 Å². The first-order chi connectivity index (χ1) is 9.02. The van der Waals surface area contributed by atoms with E-state index in [9.17, 15) is 18.7 Å². The maximum Gasteiger partial charge on any atom is 0.340 e. The van der Waals surface area contributed by atoms with Gasteiger partial charge in [-0.25, -0.2) is 13.6 Å². The second-order valence-electron chi connectivity index (χ2n) is 3.85. The van der Waals surface area contributed by atoms with Gasteiger partial charge in [0.2, 0.25) is 0 Å². The number of carbonyl (C=O) groups excluding carboxylic acids is 1. The number of ether oxygens (including phenoxy) is 1. The summed E-state index contributed by atoms with van der Waals surface area (Å²) >= 11 is 0.